The number of hydrogen-bond donors (Lipinski definition) is 1. The molecule has 0 atom stereocenters. The Morgan fingerprint density at radius 1 is 1.41 bits per heavy atom. The Morgan fingerprint density at radius 3 is 2.47 bits per heavy atom. The summed E-state index contributed by atoms with van der Waals surface area (Å²) < 4.78 is 50.7. The number of hydrogen-bond acceptors (Lipinski definition) is 1. The number of aliphatic imine (C=N–C) groups is 1. The van der Waals surface area contributed by atoms with Gasteiger partial charge < -0.3 is 5.73 Å². The summed E-state index contributed by atoms with van der Waals surface area (Å²) in [6.07, 6.45) is -4.77. The Balaban J connectivity index is 3.34. The van der Waals surface area contributed by atoms with Crippen LogP contribution in [0.25, 0.3) is 0 Å². The minimum Gasteiger partial charge on any atom is -0.386 e. The fraction of sp³-hybridized carbons (Fsp3) is 0.300. The van der Waals surface area contributed by atoms with Crippen molar-refractivity contribution in [3.63, 3.8) is 0 Å². The lowest BCUT2D eigenvalue weighted by molar-refractivity contribution is -0.140. The average Bonchev–Trinajstić information content (AvgIpc) is 2.21. The molecule has 0 spiro atoms. The first kappa shape index (κ1) is 13.8. The van der Waals surface area contributed by atoms with Gasteiger partial charge in [0.2, 0.25) is 0 Å². The van der Waals surface area contributed by atoms with Gasteiger partial charge in [0.15, 0.2) is 0 Å². The van der Waals surface area contributed by atoms with Crippen LogP contribution in [-0.2, 0) is 6.18 Å². The molecule has 0 radical (unpaired) electrons. The summed E-state index contributed by atoms with van der Waals surface area (Å²) in [7, 11) is 0. The van der Waals surface area contributed by atoms with Crippen molar-refractivity contribution < 1.29 is 17.6 Å². The third-order valence-corrected chi connectivity index (χ3v) is 2.23. The van der Waals surface area contributed by atoms with Crippen molar-refractivity contribution in [3.8, 4) is 0 Å². The van der Waals surface area contributed by atoms with E-state index in [9.17, 15) is 17.6 Å². The van der Waals surface area contributed by atoms with Crippen molar-refractivity contribution in [3.05, 3.63) is 29.1 Å². The molecule has 0 aliphatic rings. The average molecular weight is 269 g/mol. The first-order chi connectivity index (χ1) is 7.75. The summed E-state index contributed by atoms with van der Waals surface area (Å²) in [6.45, 7) is 1.22. The number of nitrogens with two attached hydrogens (primary N) is 1. The van der Waals surface area contributed by atoms with Crippen molar-refractivity contribution in [2.24, 2.45) is 10.7 Å². The molecular formula is C10H9ClF4N2. The van der Waals surface area contributed by atoms with Crippen molar-refractivity contribution in [2.45, 2.75) is 13.1 Å². The fourth-order valence-corrected chi connectivity index (χ4v) is 1.28. The molecular weight excluding hydrogens is 260 g/mol. The van der Waals surface area contributed by atoms with Gasteiger partial charge in [-0.15, -0.1) is 11.6 Å². The number of alkyl halides is 4. The van der Waals surface area contributed by atoms with E-state index >= 15 is 0 Å². The molecule has 0 unspecified atom stereocenters. The molecule has 0 saturated heterocycles. The Kier molecular flexibility index (Phi) is 3.98. The zero-order valence-corrected chi connectivity index (χ0v) is 9.53. The van der Waals surface area contributed by atoms with E-state index in [-0.39, 0.29) is 23.0 Å². The van der Waals surface area contributed by atoms with Crippen LogP contribution in [0.5, 0.6) is 0 Å². The highest BCUT2D eigenvalue weighted by Crippen LogP contribution is 2.35. The van der Waals surface area contributed by atoms with E-state index in [4.69, 9.17) is 17.3 Å². The molecule has 0 fully saturated rings. The van der Waals surface area contributed by atoms with Gasteiger partial charge in [-0.05, 0) is 24.6 Å². The zero-order chi connectivity index (χ0) is 13.2. The summed E-state index contributed by atoms with van der Waals surface area (Å²) in [6, 6.07) is 1.77. The van der Waals surface area contributed by atoms with Gasteiger partial charge in [-0.2, -0.15) is 13.2 Å². The van der Waals surface area contributed by atoms with Gasteiger partial charge in [-0.1, -0.05) is 0 Å². The third-order valence-electron chi connectivity index (χ3n) is 1.95. The van der Waals surface area contributed by atoms with E-state index in [0.29, 0.717) is 6.07 Å². The first-order valence-corrected chi connectivity index (χ1v) is 5.05. The van der Waals surface area contributed by atoms with Crippen LogP contribution in [-0.4, -0.2) is 11.7 Å². The number of nitrogens with zero attached hydrogens (tertiary/aromatic N) is 1. The van der Waals surface area contributed by atoms with Crippen molar-refractivity contribution >= 4 is 23.1 Å². The van der Waals surface area contributed by atoms with Gasteiger partial charge in [0.05, 0.1) is 17.1 Å². The lowest BCUT2D eigenvalue weighted by atomic mass is 10.1. The van der Waals surface area contributed by atoms with Gasteiger partial charge >= 0.3 is 6.18 Å². The summed E-state index contributed by atoms with van der Waals surface area (Å²) in [5.41, 5.74) is 3.71. The minimum atomic E-state index is -4.77. The van der Waals surface area contributed by atoms with Crippen LogP contribution in [0.3, 0.4) is 0 Å². The van der Waals surface area contributed by atoms with Crippen LogP contribution in [0.2, 0.25) is 0 Å². The Morgan fingerprint density at radius 2 is 2.00 bits per heavy atom. The van der Waals surface area contributed by atoms with Crippen LogP contribution < -0.4 is 5.73 Å². The van der Waals surface area contributed by atoms with E-state index < -0.39 is 17.6 Å². The summed E-state index contributed by atoms with van der Waals surface area (Å²) in [4.78, 5) is 3.65. The Hall–Kier alpha value is -1.30. The normalized spacial score (nSPS) is 12.9. The van der Waals surface area contributed by atoms with Gasteiger partial charge in [0, 0.05) is 0 Å². The highest BCUT2D eigenvalue weighted by Gasteiger charge is 2.35. The summed E-state index contributed by atoms with van der Waals surface area (Å²) in [5.74, 6) is -1.45. The molecule has 0 aromatic heterocycles. The highest BCUT2D eigenvalue weighted by molar-refractivity contribution is 6.28. The van der Waals surface area contributed by atoms with Crippen molar-refractivity contribution in [2.75, 3.05) is 5.88 Å². The molecule has 2 N–H and O–H groups in total. The predicted octanol–water partition coefficient (Wildman–Crippen LogP) is 3.38. The second-order valence-corrected chi connectivity index (χ2v) is 3.63. The molecule has 0 amide bonds. The lowest BCUT2D eigenvalue weighted by Gasteiger charge is -2.10. The molecule has 0 aliphatic heterocycles. The Bertz CT molecular complexity index is 454. The monoisotopic (exact) mass is 268 g/mol. The molecule has 2 nitrogen and oxygen atoms in total. The first-order valence-electron chi connectivity index (χ1n) is 4.52. The smallest absolute Gasteiger partial charge is 0.386 e. The van der Waals surface area contributed by atoms with Gasteiger partial charge in [0.1, 0.15) is 11.7 Å². The number of benzene rings is 1. The maximum atomic E-state index is 13.3. The predicted molar refractivity (Wildman–Crippen MR) is 58.1 cm³/mol. The molecule has 94 valence electrons. The summed E-state index contributed by atoms with van der Waals surface area (Å²) >= 11 is 5.35. The molecule has 0 heterocycles. The number of amidine groups is 1. The number of halogens is 5. The third kappa shape index (κ3) is 3.33. The second-order valence-electron chi connectivity index (χ2n) is 3.36. The molecule has 0 bridgehead atoms. The lowest BCUT2D eigenvalue weighted by Crippen LogP contribution is -2.13. The maximum absolute atomic E-state index is 13.3. The molecule has 0 aliphatic carbocycles. The van der Waals surface area contributed by atoms with Gasteiger partial charge in [-0.3, -0.25) is 0 Å². The number of rotatable bonds is 2. The van der Waals surface area contributed by atoms with E-state index in [1.807, 2.05) is 0 Å². The molecule has 17 heavy (non-hydrogen) atoms. The van der Waals surface area contributed by atoms with Crippen LogP contribution in [0.15, 0.2) is 17.1 Å². The standard InChI is InChI=1S/C10H9ClF4N2/c1-5-2-6(17-8(16)4-11)3-7(9(5)12)10(13,14)15/h2-3H,4H2,1H3,(H2,16,17). The minimum absolute atomic E-state index is 0.0363. The van der Waals surface area contributed by atoms with Gasteiger partial charge in [0.25, 0.3) is 0 Å². The highest BCUT2D eigenvalue weighted by atomic mass is 35.5. The van der Waals surface area contributed by atoms with E-state index in [2.05, 4.69) is 4.99 Å². The largest absolute Gasteiger partial charge is 0.419 e. The van der Waals surface area contributed by atoms with Crippen LogP contribution in [0.4, 0.5) is 23.2 Å². The van der Waals surface area contributed by atoms with Crippen molar-refractivity contribution in [1.82, 2.24) is 0 Å². The topological polar surface area (TPSA) is 38.4 Å². The van der Waals surface area contributed by atoms with Crippen LogP contribution >= 0.6 is 11.6 Å². The van der Waals surface area contributed by atoms with Crippen LogP contribution in [0.1, 0.15) is 11.1 Å². The molecule has 7 heteroatoms. The molecule has 1 rings (SSSR count). The van der Waals surface area contributed by atoms with E-state index in [1.165, 1.54) is 13.0 Å². The molecule has 1 aromatic carbocycles. The maximum Gasteiger partial charge on any atom is 0.419 e. The SMILES string of the molecule is Cc1cc(N=C(N)CCl)cc(C(F)(F)F)c1F. The van der Waals surface area contributed by atoms with E-state index in [1.54, 1.807) is 0 Å². The number of aryl methyl sites for hydroxylation is 1. The second kappa shape index (κ2) is 4.91. The Labute approximate surface area is 100 Å². The fourth-order valence-electron chi connectivity index (χ4n) is 1.22. The van der Waals surface area contributed by atoms with Crippen molar-refractivity contribution in [1.29, 1.82) is 0 Å². The quantitative estimate of drug-likeness (QED) is 0.380. The molecule has 0 saturated carbocycles. The zero-order valence-electron chi connectivity index (χ0n) is 8.78. The van der Waals surface area contributed by atoms with E-state index in [0.717, 1.165) is 0 Å². The molecule has 1 aromatic rings. The van der Waals surface area contributed by atoms with Crippen LogP contribution in [0, 0.1) is 12.7 Å². The van der Waals surface area contributed by atoms with Gasteiger partial charge in [-0.25, -0.2) is 9.38 Å². The summed E-state index contributed by atoms with van der Waals surface area (Å²) in [5, 5.41) is 0.